The number of hydrogen-bond donors (Lipinski definition) is 0. The summed E-state index contributed by atoms with van der Waals surface area (Å²) in [6, 6.07) is 16.8. The van der Waals surface area contributed by atoms with Crippen LogP contribution in [-0.2, 0) is 4.79 Å². The molecule has 1 aliphatic rings. The lowest BCUT2D eigenvalue weighted by atomic mass is 10.2. The summed E-state index contributed by atoms with van der Waals surface area (Å²) in [5, 5.41) is 4.74. The molecule has 1 aromatic heterocycles. The maximum atomic E-state index is 12.8. The molecule has 0 radical (unpaired) electrons. The van der Waals surface area contributed by atoms with E-state index in [1.54, 1.807) is 31.2 Å². The van der Waals surface area contributed by atoms with Crippen molar-refractivity contribution < 1.29 is 14.1 Å². The van der Waals surface area contributed by atoms with Gasteiger partial charge in [0.1, 0.15) is 5.75 Å². The van der Waals surface area contributed by atoms with Crippen LogP contribution in [0.2, 0.25) is 5.02 Å². The van der Waals surface area contributed by atoms with Crippen LogP contribution in [0.5, 0.6) is 5.75 Å². The number of benzene rings is 2. The highest BCUT2D eigenvalue weighted by Gasteiger charge is 2.30. The van der Waals surface area contributed by atoms with Crippen molar-refractivity contribution in [3.63, 3.8) is 0 Å². The van der Waals surface area contributed by atoms with E-state index in [-0.39, 0.29) is 11.9 Å². The van der Waals surface area contributed by atoms with Gasteiger partial charge in [0, 0.05) is 36.8 Å². The average molecular weight is 441 g/mol. The highest BCUT2D eigenvalue weighted by molar-refractivity contribution is 6.30. The second kappa shape index (κ2) is 9.49. The third-order valence-electron chi connectivity index (χ3n) is 5.48. The van der Waals surface area contributed by atoms with E-state index in [9.17, 15) is 4.79 Å². The van der Waals surface area contributed by atoms with Gasteiger partial charge in [0.2, 0.25) is 11.7 Å². The highest BCUT2D eigenvalue weighted by atomic mass is 35.5. The molecule has 1 aliphatic heterocycles. The number of halogens is 1. The molecule has 7 nitrogen and oxygen atoms in total. The van der Waals surface area contributed by atoms with Gasteiger partial charge in [0.05, 0.1) is 6.04 Å². The van der Waals surface area contributed by atoms with E-state index >= 15 is 0 Å². The fourth-order valence-electron chi connectivity index (χ4n) is 3.62. The number of carbonyl (C=O) groups excluding carboxylic acids is 1. The third kappa shape index (κ3) is 5.06. The van der Waals surface area contributed by atoms with Gasteiger partial charge in [0.25, 0.3) is 5.91 Å². The molecule has 8 heteroatoms. The summed E-state index contributed by atoms with van der Waals surface area (Å²) in [6.45, 7) is 6.52. The summed E-state index contributed by atoms with van der Waals surface area (Å²) >= 11 is 5.90. The average Bonchev–Trinajstić information content (AvgIpc) is 3.31. The van der Waals surface area contributed by atoms with E-state index in [0.717, 1.165) is 18.7 Å². The Hall–Kier alpha value is -2.90. The quantitative estimate of drug-likeness (QED) is 0.575. The molecule has 0 saturated carbocycles. The standard InChI is InChI=1S/C23H25ClN4O3/c1-16(22-25-21(26-31-22)18-6-4-3-5-7-18)27-12-14-28(15-13-27)23(29)17(2)30-20-10-8-19(24)9-11-20/h3-11,16-17H,12-15H2,1-2H3/t16-,17+/m1/s1. The predicted molar refractivity (Wildman–Crippen MR) is 118 cm³/mol. The van der Waals surface area contributed by atoms with Crippen molar-refractivity contribution in [2.75, 3.05) is 26.2 Å². The molecule has 1 saturated heterocycles. The summed E-state index contributed by atoms with van der Waals surface area (Å²) in [4.78, 5) is 21.4. The summed E-state index contributed by atoms with van der Waals surface area (Å²) in [5.74, 6) is 1.78. The minimum atomic E-state index is -0.561. The van der Waals surface area contributed by atoms with Crippen LogP contribution in [0, 0.1) is 0 Å². The number of piperazine rings is 1. The molecule has 0 spiro atoms. The molecule has 1 amide bonds. The van der Waals surface area contributed by atoms with Crippen LogP contribution in [0.3, 0.4) is 0 Å². The first kappa shape index (κ1) is 21.3. The molecule has 31 heavy (non-hydrogen) atoms. The largest absolute Gasteiger partial charge is 0.481 e. The molecule has 2 atom stereocenters. The minimum Gasteiger partial charge on any atom is -0.481 e. The van der Waals surface area contributed by atoms with Gasteiger partial charge >= 0.3 is 0 Å². The molecule has 0 bridgehead atoms. The van der Waals surface area contributed by atoms with Gasteiger partial charge in [0.15, 0.2) is 6.10 Å². The molecular formula is C23H25ClN4O3. The number of rotatable bonds is 6. The molecule has 0 unspecified atom stereocenters. The van der Waals surface area contributed by atoms with Gasteiger partial charge in [-0.3, -0.25) is 9.69 Å². The van der Waals surface area contributed by atoms with Crippen LogP contribution in [0.25, 0.3) is 11.4 Å². The Bertz CT molecular complexity index is 1000. The zero-order valence-electron chi connectivity index (χ0n) is 17.6. The summed E-state index contributed by atoms with van der Waals surface area (Å²) in [5.41, 5.74) is 0.926. The van der Waals surface area contributed by atoms with Crippen molar-refractivity contribution in [1.82, 2.24) is 19.9 Å². The number of carbonyl (C=O) groups is 1. The van der Waals surface area contributed by atoms with Crippen LogP contribution < -0.4 is 4.74 Å². The second-order valence-corrected chi connectivity index (χ2v) is 8.01. The Labute approximate surface area is 186 Å². The van der Waals surface area contributed by atoms with Gasteiger partial charge in [-0.15, -0.1) is 0 Å². The van der Waals surface area contributed by atoms with E-state index in [1.165, 1.54) is 0 Å². The number of aromatic nitrogens is 2. The predicted octanol–water partition coefficient (Wildman–Crippen LogP) is 4.06. The van der Waals surface area contributed by atoms with E-state index in [1.807, 2.05) is 42.2 Å². The fourth-order valence-corrected chi connectivity index (χ4v) is 3.75. The number of hydrogen-bond acceptors (Lipinski definition) is 6. The second-order valence-electron chi connectivity index (χ2n) is 7.57. The Morgan fingerprint density at radius 3 is 2.39 bits per heavy atom. The molecule has 1 fully saturated rings. The molecule has 2 heterocycles. The molecule has 0 N–H and O–H groups in total. The Morgan fingerprint density at radius 1 is 1.03 bits per heavy atom. The summed E-state index contributed by atoms with van der Waals surface area (Å²) < 4.78 is 11.3. The lowest BCUT2D eigenvalue weighted by molar-refractivity contribution is -0.140. The van der Waals surface area contributed by atoms with Gasteiger partial charge in [-0.05, 0) is 38.1 Å². The number of ether oxygens (including phenoxy) is 1. The van der Waals surface area contributed by atoms with Gasteiger partial charge in [-0.1, -0.05) is 47.1 Å². The first-order valence-electron chi connectivity index (χ1n) is 10.4. The fraction of sp³-hybridized carbons (Fsp3) is 0.348. The Morgan fingerprint density at radius 2 is 1.71 bits per heavy atom. The van der Waals surface area contributed by atoms with Crippen molar-refractivity contribution in [2.45, 2.75) is 26.0 Å². The van der Waals surface area contributed by atoms with Gasteiger partial charge in [-0.2, -0.15) is 4.98 Å². The van der Waals surface area contributed by atoms with Crippen LogP contribution in [-0.4, -0.2) is 58.1 Å². The zero-order chi connectivity index (χ0) is 21.8. The van der Waals surface area contributed by atoms with Crippen LogP contribution in [0.1, 0.15) is 25.8 Å². The summed E-state index contributed by atoms with van der Waals surface area (Å²) in [6.07, 6.45) is -0.561. The van der Waals surface area contributed by atoms with Crippen molar-refractivity contribution in [2.24, 2.45) is 0 Å². The molecule has 2 aromatic carbocycles. The van der Waals surface area contributed by atoms with Crippen LogP contribution >= 0.6 is 11.6 Å². The lowest BCUT2D eigenvalue weighted by Crippen LogP contribution is -2.52. The molecular weight excluding hydrogens is 416 g/mol. The van der Waals surface area contributed by atoms with E-state index in [0.29, 0.717) is 35.6 Å². The molecule has 4 rings (SSSR count). The zero-order valence-corrected chi connectivity index (χ0v) is 18.3. The Balaban J connectivity index is 1.31. The SMILES string of the molecule is C[C@H](Oc1ccc(Cl)cc1)C(=O)N1CCN([C@H](C)c2nc(-c3ccccc3)no2)CC1. The van der Waals surface area contributed by atoms with Crippen molar-refractivity contribution in [1.29, 1.82) is 0 Å². The lowest BCUT2D eigenvalue weighted by Gasteiger charge is -2.37. The highest BCUT2D eigenvalue weighted by Crippen LogP contribution is 2.24. The monoisotopic (exact) mass is 440 g/mol. The van der Waals surface area contributed by atoms with Crippen LogP contribution in [0.15, 0.2) is 59.1 Å². The molecule has 162 valence electrons. The first-order valence-corrected chi connectivity index (χ1v) is 10.7. The van der Waals surface area contributed by atoms with Crippen molar-refractivity contribution in [3.05, 3.63) is 65.5 Å². The van der Waals surface area contributed by atoms with Crippen molar-refractivity contribution in [3.8, 4) is 17.1 Å². The smallest absolute Gasteiger partial charge is 0.263 e. The Kier molecular flexibility index (Phi) is 6.53. The first-order chi connectivity index (χ1) is 15.0. The minimum absolute atomic E-state index is 0.0218. The van der Waals surface area contributed by atoms with Gasteiger partial charge in [-0.25, -0.2) is 0 Å². The third-order valence-corrected chi connectivity index (χ3v) is 5.73. The van der Waals surface area contributed by atoms with Crippen molar-refractivity contribution >= 4 is 17.5 Å². The number of nitrogens with zero attached hydrogens (tertiary/aromatic N) is 4. The molecule has 0 aliphatic carbocycles. The summed E-state index contributed by atoms with van der Waals surface area (Å²) in [7, 11) is 0. The van der Waals surface area contributed by atoms with E-state index in [4.69, 9.17) is 20.9 Å². The maximum absolute atomic E-state index is 12.8. The van der Waals surface area contributed by atoms with E-state index < -0.39 is 6.10 Å². The van der Waals surface area contributed by atoms with Crippen LogP contribution in [0.4, 0.5) is 0 Å². The maximum Gasteiger partial charge on any atom is 0.263 e. The topological polar surface area (TPSA) is 71.7 Å². The van der Waals surface area contributed by atoms with Gasteiger partial charge < -0.3 is 14.2 Å². The number of amides is 1. The normalized spacial score (nSPS) is 16.7. The molecule has 3 aromatic rings. The van der Waals surface area contributed by atoms with E-state index in [2.05, 4.69) is 15.0 Å².